The Morgan fingerprint density at radius 1 is 1.12 bits per heavy atom. The summed E-state index contributed by atoms with van der Waals surface area (Å²) in [6, 6.07) is 18.1. The van der Waals surface area contributed by atoms with E-state index in [0.717, 1.165) is 30.0 Å². The van der Waals surface area contributed by atoms with Crippen LogP contribution in [0.3, 0.4) is 0 Å². The second-order valence-electron chi connectivity index (χ2n) is 6.18. The molecule has 1 heterocycles. The minimum absolute atomic E-state index is 0. The molecule has 25 heavy (non-hydrogen) atoms. The second kappa shape index (κ2) is 10.1. The number of hydrogen-bond donors (Lipinski definition) is 2. The molecule has 1 atom stereocenters. The van der Waals surface area contributed by atoms with Crippen molar-refractivity contribution in [3.63, 3.8) is 0 Å². The largest absolute Gasteiger partial charge is 0.489 e. The van der Waals surface area contributed by atoms with Crippen LogP contribution in [0.5, 0.6) is 5.75 Å². The number of ether oxygens (including phenoxy) is 1. The van der Waals surface area contributed by atoms with Crippen molar-refractivity contribution in [2.45, 2.75) is 38.3 Å². The van der Waals surface area contributed by atoms with Crippen LogP contribution in [-0.4, -0.2) is 18.5 Å². The molecular formula is C20H25ClN2O2. The number of amides is 1. The third-order valence-electron chi connectivity index (χ3n) is 4.27. The van der Waals surface area contributed by atoms with E-state index in [1.165, 1.54) is 12.8 Å². The molecule has 1 amide bonds. The number of nitrogens with one attached hydrogen (secondary N) is 2. The molecule has 0 aromatic heterocycles. The van der Waals surface area contributed by atoms with Gasteiger partial charge in [0, 0.05) is 18.2 Å². The van der Waals surface area contributed by atoms with Crippen LogP contribution in [0.2, 0.25) is 0 Å². The highest BCUT2D eigenvalue weighted by molar-refractivity contribution is 5.90. The number of benzene rings is 2. The molecule has 5 heteroatoms. The van der Waals surface area contributed by atoms with Crippen molar-refractivity contribution in [3.8, 4) is 5.75 Å². The maximum Gasteiger partial charge on any atom is 0.224 e. The van der Waals surface area contributed by atoms with Gasteiger partial charge in [0.25, 0.3) is 0 Å². The van der Waals surface area contributed by atoms with Gasteiger partial charge in [0.15, 0.2) is 0 Å². The molecule has 0 aliphatic carbocycles. The molecule has 1 aliphatic heterocycles. The lowest BCUT2D eigenvalue weighted by atomic mass is 10.1. The van der Waals surface area contributed by atoms with E-state index < -0.39 is 0 Å². The molecule has 2 aromatic rings. The fourth-order valence-electron chi connectivity index (χ4n) is 2.91. The van der Waals surface area contributed by atoms with Crippen LogP contribution in [0.25, 0.3) is 0 Å². The van der Waals surface area contributed by atoms with Crippen molar-refractivity contribution in [2.75, 3.05) is 11.9 Å². The molecule has 2 N–H and O–H groups in total. The van der Waals surface area contributed by atoms with Gasteiger partial charge in [-0.1, -0.05) is 30.3 Å². The predicted octanol–water partition coefficient (Wildman–Crippen LogP) is 4.16. The first-order valence-corrected chi connectivity index (χ1v) is 8.59. The fourth-order valence-corrected chi connectivity index (χ4v) is 2.91. The fraction of sp³-hybridized carbons (Fsp3) is 0.350. The van der Waals surface area contributed by atoms with Gasteiger partial charge >= 0.3 is 0 Å². The summed E-state index contributed by atoms with van der Waals surface area (Å²) >= 11 is 0. The summed E-state index contributed by atoms with van der Waals surface area (Å²) < 4.78 is 5.75. The standard InChI is InChI=1S/C20H24N2O2.ClH/c23-20(13-10-17-7-4-14-21-17)22-18-8-11-19(12-9-18)24-15-16-5-2-1-3-6-16;/h1-3,5-6,8-9,11-12,17,21H,4,7,10,13-15H2,(H,22,23);1H. The van der Waals surface area contributed by atoms with Crippen molar-refractivity contribution in [1.82, 2.24) is 5.32 Å². The molecule has 1 aliphatic rings. The average Bonchev–Trinajstić information content (AvgIpc) is 3.14. The van der Waals surface area contributed by atoms with Gasteiger partial charge in [0.2, 0.25) is 5.91 Å². The third kappa shape index (κ3) is 6.40. The van der Waals surface area contributed by atoms with E-state index >= 15 is 0 Å². The zero-order chi connectivity index (χ0) is 16.6. The van der Waals surface area contributed by atoms with Crippen LogP contribution < -0.4 is 15.4 Å². The van der Waals surface area contributed by atoms with E-state index in [2.05, 4.69) is 10.6 Å². The topological polar surface area (TPSA) is 50.4 Å². The van der Waals surface area contributed by atoms with E-state index in [0.29, 0.717) is 19.1 Å². The van der Waals surface area contributed by atoms with Gasteiger partial charge in [-0.05, 0) is 55.6 Å². The van der Waals surface area contributed by atoms with E-state index in [4.69, 9.17) is 4.74 Å². The number of rotatable bonds is 7. The van der Waals surface area contributed by atoms with Crippen LogP contribution in [0.4, 0.5) is 5.69 Å². The Morgan fingerprint density at radius 2 is 1.88 bits per heavy atom. The minimum Gasteiger partial charge on any atom is -0.489 e. The number of carbonyl (C=O) groups excluding carboxylic acids is 1. The maximum absolute atomic E-state index is 12.0. The quantitative estimate of drug-likeness (QED) is 0.779. The van der Waals surface area contributed by atoms with E-state index in [9.17, 15) is 4.79 Å². The third-order valence-corrected chi connectivity index (χ3v) is 4.27. The van der Waals surface area contributed by atoms with Gasteiger partial charge in [-0.2, -0.15) is 0 Å². The highest BCUT2D eigenvalue weighted by Gasteiger charge is 2.15. The predicted molar refractivity (Wildman–Crippen MR) is 103 cm³/mol. The smallest absolute Gasteiger partial charge is 0.224 e. The summed E-state index contributed by atoms with van der Waals surface area (Å²) in [4.78, 5) is 12.0. The molecule has 1 unspecified atom stereocenters. The van der Waals surface area contributed by atoms with Gasteiger partial charge in [-0.25, -0.2) is 0 Å². The Bertz CT molecular complexity index is 641. The van der Waals surface area contributed by atoms with Crippen molar-refractivity contribution >= 4 is 24.0 Å². The van der Waals surface area contributed by atoms with Crippen LogP contribution in [0.1, 0.15) is 31.2 Å². The normalized spacial score (nSPS) is 16.1. The Kier molecular flexibility index (Phi) is 7.76. The molecule has 0 spiro atoms. The van der Waals surface area contributed by atoms with Gasteiger partial charge in [-0.3, -0.25) is 4.79 Å². The van der Waals surface area contributed by atoms with Crippen molar-refractivity contribution < 1.29 is 9.53 Å². The molecule has 2 aromatic carbocycles. The molecule has 1 saturated heterocycles. The van der Waals surface area contributed by atoms with Crippen LogP contribution in [0.15, 0.2) is 54.6 Å². The highest BCUT2D eigenvalue weighted by atomic mass is 35.5. The Morgan fingerprint density at radius 3 is 2.56 bits per heavy atom. The Labute approximate surface area is 155 Å². The molecule has 4 nitrogen and oxygen atoms in total. The zero-order valence-electron chi connectivity index (χ0n) is 14.2. The van der Waals surface area contributed by atoms with E-state index in [1.54, 1.807) is 0 Å². The van der Waals surface area contributed by atoms with Crippen molar-refractivity contribution in [1.29, 1.82) is 0 Å². The molecular weight excluding hydrogens is 336 g/mol. The van der Waals surface area contributed by atoms with Crippen LogP contribution >= 0.6 is 12.4 Å². The monoisotopic (exact) mass is 360 g/mol. The minimum atomic E-state index is 0. The van der Waals surface area contributed by atoms with Gasteiger partial charge in [0.05, 0.1) is 0 Å². The van der Waals surface area contributed by atoms with Crippen LogP contribution in [-0.2, 0) is 11.4 Å². The summed E-state index contributed by atoms with van der Waals surface area (Å²) in [5, 5.41) is 6.36. The van der Waals surface area contributed by atoms with Gasteiger partial charge in [-0.15, -0.1) is 12.4 Å². The first-order chi connectivity index (χ1) is 11.8. The molecule has 0 bridgehead atoms. The summed E-state index contributed by atoms with van der Waals surface area (Å²) in [7, 11) is 0. The number of halogens is 1. The van der Waals surface area contributed by atoms with Gasteiger partial charge < -0.3 is 15.4 Å². The molecule has 0 radical (unpaired) electrons. The van der Waals surface area contributed by atoms with Crippen LogP contribution in [0, 0.1) is 0 Å². The van der Waals surface area contributed by atoms with Gasteiger partial charge in [0.1, 0.15) is 12.4 Å². The molecule has 0 saturated carbocycles. The lowest BCUT2D eigenvalue weighted by molar-refractivity contribution is -0.116. The number of hydrogen-bond acceptors (Lipinski definition) is 3. The number of carbonyl (C=O) groups is 1. The van der Waals surface area contributed by atoms with E-state index in [-0.39, 0.29) is 18.3 Å². The lowest BCUT2D eigenvalue weighted by Gasteiger charge is -2.11. The Balaban J connectivity index is 0.00000225. The Hall–Kier alpha value is -2.04. The van der Waals surface area contributed by atoms with Crippen molar-refractivity contribution in [2.24, 2.45) is 0 Å². The summed E-state index contributed by atoms with van der Waals surface area (Å²) in [5.41, 5.74) is 1.95. The van der Waals surface area contributed by atoms with E-state index in [1.807, 2.05) is 54.6 Å². The summed E-state index contributed by atoms with van der Waals surface area (Å²) in [6.07, 6.45) is 3.87. The average molecular weight is 361 g/mol. The number of anilines is 1. The molecule has 1 fully saturated rings. The summed E-state index contributed by atoms with van der Waals surface area (Å²) in [5.74, 6) is 0.869. The maximum atomic E-state index is 12.0. The summed E-state index contributed by atoms with van der Waals surface area (Å²) in [6.45, 7) is 1.62. The highest BCUT2D eigenvalue weighted by Crippen LogP contribution is 2.18. The second-order valence-corrected chi connectivity index (χ2v) is 6.18. The lowest BCUT2D eigenvalue weighted by Crippen LogP contribution is -2.23. The van der Waals surface area contributed by atoms with Crippen molar-refractivity contribution in [3.05, 3.63) is 60.2 Å². The zero-order valence-corrected chi connectivity index (χ0v) is 15.1. The first-order valence-electron chi connectivity index (χ1n) is 8.59. The molecule has 134 valence electrons. The first kappa shape index (κ1) is 19.3. The SMILES string of the molecule is Cl.O=C(CCC1CCCN1)Nc1ccc(OCc2ccccc2)cc1. The molecule has 3 rings (SSSR count).